The van der Waals surface area contributed by atoms with Gasteiger partial charge < -0.3 is 4.90 Å². The number of rotatable bonds is 4. The third-order valence-corrected chi connectivity index (χ3v) is 4.45. The number of tetrazole rings is 1. The number of hydrogen-bond donors (Lipinski definition) is 1. The average molecular weight is 384 g/mol. The second-order valence-electron chi connectivity index (χ2n) is 5.60. The Hall–Kier alpha value is -1.66. The molecule has 0 saturated carbocycles. The number of hydrogen-bond acceptors (Lipinski definition) is 3. The Labute approximate surface area is 154 Å². The molecule has 3 aromatic rings. The fourth-order valence-corrected chi connectivity index (χ4v) is 3.31. The second-order valence-corrected chi connectivity index (χ2v) is 6.89. The van der Waals surface area contributed by atoms with Gasteiger partial charge in [0, 0.05) is 15.6 Å². The summed E-state index contributed by atoms with van der Waals surface area (Å²) >= 11 is 18.5. The summed E-state index contributed by atoms with van der Waals surface area (Å²) in [5, 5.41) is 14.0. The highest BCUT2D eigenvalue weighted by Gasteiger charge is 2.29. The molecule has 5 nitrogen and oxygen atoms in total. The molecular weight excluding hydrogens is 369 g/mol. The minimum Gasteiger partial charge on any atom is -0.327 e. The van der Waals surface area contributed by atoms with Gasteiger partial charge in [-0.3, -0.25) is 0 Å². The standard InChI is InChI=1S/C16H14Cl3N5/c1-23(2)15(13-7-6-11(18)9-14(13)19)16-20-21-22-24(16)12-5-3-4-10(17)8-12/h3-9,15H,1-2H3/p+1/t15-/m1/s1. The van der Waals surface area contributed by atoms with Crippen molar-refractivity contribution in [3.8, 4) is 5.69 Å². The van der Waals surface area contributed by atoms with Gasteiger partial charge in [-0.15, -0.1) is 5.10 Å². The molecule has 0 fully saturated rings. The summed E-state index contributed by atoms with van der Waals surface area (Å²) in [6.45, 7) is 0. The van der Waals surface area contributed by atoms with Crippen LogP contribution in [-0.2, 0) is 0 Å². The quantitative estimate of drug-likeness (QED) is 0.753. The Balaban J connectivity index is 2.13. The van der Waals surface area contributed by atoms with E-state index in [4.69, 9.17) is 34.8 Å². The Morgan fingerprint density at radius 1 is 1.00 bits per heavy atom. The maximum absolute atomic E-state index is 6.41. The minimum atomic E-state index is -0.163. The zero-order valence-corrected chi connectivity index (χ0v) is 15.3. The summed E-state index contributed by atoms with van der Waals surface area (Å²) in [5.41, 5.74) is 1.69. The van der Waals surface area contributed by atoms with Crippen LogP contribution in [0, 0.1) is 0 Å². The van der Waals surface area contributed by atoms with Gasteiger partial charge >= 0.3 is 0 Å². The number of halogens is 3. The molecule has 0 amide bonds. The zero-order valence-electron chi connectivity index (χ0n) is 13.0. The molecule has 2 aromatic carbocycles. The first-order chi connectivity index (χ1) is 11.5. The fourth-order valence-electron chi connectivity index (χ4n) is 2.61. The van der Waals surface area contributed by atoms with Crippen molar-refractivity contribution in [3.05, 3.63) is 68.9 Å². The Morgan fingerprint density at radius 2 is 1.75 bits per heavy atom. The van der Waals surface area contributed by atoms with Crippen molar-refractivity contribution in [3.63, 3.8) is 0 Å². The molecule has 124 valence electrons. The van der Waals surface area contributed by atoms with Crippen molar-refractivity contribution in [2.45, 2.75) is 6.04 Å². The van der Waals surface area contributed by atoms with E-state index in [-0.39, 0.29) is 6.04 Å². The molecule has 24 heavy (non-hydrogen) atoms. The van der Waals surface area contributed by atoms with Crippen molar-refractivity contribution in [1.82, 2.24) is 20.2 Å². The van der Waals surface area contributed by atoms with Crippen LogP contribution in [0.3, 0.4) is 0 Å². The molecule has 8 heteroatoms. The van der Waals surface area contributed by atoms with E-state index >= 15 is 0 Å². The lowest BCUT2D eigenvalue weighted by atomic mass is 10.0. The highest BCUT2D eigenvalue weighted by atomic mass is 35.5. The molecule has 0 aliphatic carbocycles. The van der Waals surface area contributed by atoms with Crippen LogP contribution in [0.5, 0.6) is 0 Å². The van der Waals surface area contributed by atoms with E-state index in [1.54, 1.807) is 16.8 Å². The van der Waals surface area contributed by atoms with Crippen LogP contribution in [-0.4, -0.2) is 34.3 Å². The summed E-state index contributed by atoms with van der Waals surface area (Å²) in [4.78, 5) is 1.11. The third-order valence-electron chi connectivity index (χ3n) is 3.66. The lowest BCUT2D eigenvalue weighted by Crippen LogP contribution is -3.06. The maximum Gasteiger partial charge on any atom is 0.219 e. The normalized spacial score (nSPS) is 12.6. The lowest BCUT2D eigenvalue weighted by molar-refractivity contribution is -0.886. The van der Waals surface area contributed by atoms with Crippen LogP contribution in [0.1, 0.15) is 17.4 Å². The van der Waals surface area contributed by atoms with E-state index in [0.29, 0.717) is 20.9 Å². The molecule has 3 rings (SSSR count). The molecule has 0 unspecified atom stereocenters. The molecule has 0 bridgehead atoms. The number of benzene rings is 2. The SMILES string of the molecule is C[NH+](C)[C@H](c1ccc(Cl)cc1Cl)c1nnnn1-c1cccc(Cl)c1. The van der Waals surface area contributed by atoms with Crippen LogP contribution in [0.15, 0.2) is 42.5 Å². The number of nitrogens with zero attached hydrogens (tertiary/aromatic N) is 4. The highest BCUT2D eigenvalue weighted by molar-refractivity contribution is 6.35. The van der Waals surface area contributed by atoms with E-state index in [9.17, 15) is 0 Å². The molecule has 1 N–H and O–H groups in total. The fraction of sp³-hybridized carbons (Fsp3) is 0.188. The van der Waals surface area contributed by atoms with E-state index in [0.717, 1.165) is 16.2 Å². The Kier molecular flexibility index (Phi) is 5.06. The summed E-state index contributed by atoms with van der Waals surface area (Å²) in [6.07, 6.45) is 0. The monoisotopic (exact) mass is 382 g/mol. The summed E-state index contributed by atoms with van der Waals surface area (Å²) < 4.78 is 1.68. The predicted molar refractivity (Wildman–Crippen MR) is 95.3 cm³/mol. The van der Waals surface area contributed by atoms with Gasteiger partial charge in [-0.05, 0) is 46.8 Å². The summed E-state index contributed by atoms with van der Waals surface area (Å²) in [6, 6.07) is 12.6. The van der Waals surface area contributed by atoms with Gasteiger partial charge in [0.05, 0.1) is 24.8 Å². The van der Waals surface area contributed by atoms with Gasteiger partial charge in [0.1, 0.15) is 0 Å². The van der Waals surface area contributed by atoms with Gasteiger partial charge in [-0.2, -0.15) is 4.68 Å². The van der Waals surface area contributed by atoms with Crippen molar-refractivity contribution < 1.29 is 4.90 Å². The Bertz CT molecular complexity index is 862. The minimum absolute atomic E-state index is 0.163. The van der Waals surface area contributed by atoms with Crippen molar-refractivity contribution in [1.29, 1.82) is 0 Å². The van der Waals surface area contributed by atoms with Gasteiger partial charge in [-0.25, -0.2) is 0 Å². The van der Waals surface area contributed by atoms with Gasteiger partial charge in [0.2, 0.25) is 5.82 Å². The molecule has 0 aliphatic heterocycles. The van der Waals surface area contributed by atoms with Crippen LogP contribution >= 0.6 is 34.8 Å². The smallest absolute Gasteiger partial charge is 0.219 e. The van der Waals surface area contributed by atoms with E-state index in [2.05, 4.69) is 15.5 Å². The van der Waals surface area contributed by atoms with Crippen LogP contribution in [0.2, 0.25) is 15.1 Å². The number of quaternary nitrogens is 1. The third kappa shape index (κ3) is 3.39. The first-order valence-corrected chi connectivity index (χ1v) is 8.40. The summed E-state index contributed by atoms with van der Waals surface area (Å²) in [5.74, 6) is 0.668. The predicted octanol–water partition coefficient (Wildman–Crippen LogP) is 2.86. The van der Waals surface area contributed by atoms with Crippen molar-refractivity contribution in [2.24, 2.45) is 0 Å². The zero-order chi connectivity index (χ0) is 17.3. The molecule has 0 radical (unpaired) electrons. The number of aromatic nitrogens is 4. The van der Waals surface area contributed by atoms with Gasteiger partial charge in [-0.1, -0.05) is 40.9 Å². The molecule has 1 aromatic heterocycles. The average Bonchev–Trinajstić information content (AvgIpc) is 2.98. The van der Waals surface area contributed by atoms with E-state index in [1.807, 2.05) is 44.4 Å². The first kappa shape index (κ1) is 17.2. The van der Waals surface area contributed by atoms with Crippen LogP contribution in [0.4, 0.5) is 0 Å². The highest BCUT2D eigenvalue weighted by Crippen LogP contribution is 2.28. The van der Waals surface area contributed by atoms with Crippen LogP contribution in [0.25, 0.3) is 5.69 Å². The first-order valence-electron chi connectivity index (χ1n) is 7.26. The van der Waals surface area contributed by atoms with Crippen molar-refractivity contribution >= 4 is 34.8 Å². The molecule has 0 saturated heterocycles. The topological polar surface area (TPSA) is 48.0 Å². The second kappa shape index (κ2) is 7.07. The molecule has 0 aliphatic rings. The number of nitrogens with one attached hydrogen (secondary N) is 1. The molecule has 1 heterocycles. The van der Waals surface area contributed by atoms with E-state index in [1.165, 1.54) is 0 Å². The summed E-state index contributed by atoms with van der Waals surface area (Å²) in [7, 11) is 4.04. The van der Waals surface area contributed by atoms with E-state index < -0.39 is 0 Å². The largest absolute Gasteiger partial charge is 0.327 e. The molecule has 1 atom stereocenters. The van der Waals surface area contributed by atoms with Crippen molar-refractivity contribution in [2.75, 3.05) is 14.1 Å². The molecule has 0 spiro atoms. The van der Waals surface area contributed by atoms with Crippen LogP contribution < -0.4 is 4.90 Å². The molecular formula is C16H15Cl3N5+. The lowest BCUT2D eigenvalue weighted by Gasteiger charge is -2.22. The van der Waals surface area contributed by atoms with Gasteiger partial charge in [0.15, 0.2) is 6.04 Å². The Morgan fingerprint density at radius 3 is 2.42 bits per heavy atom. The van der Waals surface area contributed by atoms with Gasteiger partial charge in [0.25, 0.3) is 0 Å². The maximum atomic E-state index is 6.41.